The van der Waals surface area contributed by atoms with E-state index in [1.807, 2.05) is 24.8 Å². The molecule has 0 bridgehead atoms. The Morgan fingerprint density at radius 1 is 1.07 bits per heavy atom. The summed E-state index contributed by atoms with van der Waals surface area (Å²) in [7, 11) is 4.00. The topological polar surface area (TPSA) is 39.5 Å². The maximum atomic E-state index is 14.1. The Hall–Kier alpha value is -2.67. The standard InChI is InChI=1S/C22H27F2N3O2/c1-15(2)14-27-19-12-21(28-9-5-8-26(3)4)22(10-16(19)13-25-27)29-20-7-6-17(23)11-18(20)24/h6-7,10-13,15H,5,8-9,14H2,1-4H3. The second kappa shape index (κ2) is 9.22. The fraction of sp³-hybridized carbons (Fsp3) is 0.409. The van der Waals surface area contributed by atoms with Crippen LogP contribution in [0, 0.1) is 17.6 Å². The molecule has 0 amide bonds. The monoisotopic (exact) mass is 403 g/mol. The molecule has 0 unspecified atom stereocenters. The molecule has 1 heterocycles. The van der Waals surface area contributed by atoms with E-state index in [9.17, 15) is 8.78 Å². The van der Waals surface area contributed by atoms with Crippen LogP contribution in [0.5, 0.6) is 17.2 Å². The summed E-state index contributed by atoms with van der Waals surface area (Å²) in [5.74, 6) is -0.160. The minimum absolute atomic E-state index is 0.0570. The largest absolute Gasteiger partial charge is 0.490 e. The first-order valence-electron chi connectivity index (χ1n) is 9.73. The van der Waals surface area contributed by atoms with Crippen LogP contribution in [0.15, 0.2) is 36.5 Å². The van der Waals surface area contributed by atoms with Gasteiger partial charge in [0, 0.05) is 30.6 Å². The quantitative estimate of drug-likeness (QED) is 0.467. The smallest absolute Gasteiger partial charge is 0.170 e. The normalized spacial score (nSPS) is 11.6. The molecule has 29 heavy (non-hydrogen) atoms. The molecular weight excluding hydrogens is 376 g/mol. The van der Waals surface area contributed by atoms with E-state index in [-0.39, 0.29) is 5.75 Å². The van der Waals surface area contributed by atoms with Crippen LogP contribution in [0.1, 0.15) is 20.3 Å². The molecule has 2 aromatic carbocycles. The predicted molar refractivity (Wildman–Crippen MR) is 110 cm³/mol. The average Bonchev–Trinajstić information content (AvgIpc) is 3.02. The van der Waals surface area contributed by atoms with Gasteiger partial charge in [-0.05, 0) is 44.6 Å². The average molecular weight is 403 g/mol. The molecule has 156 valence electrons. The van der Waals surface area contributed by atoms with Gasteiger partial charge in [-0.15, -0.1) is 0 Å². The van der Waals surface area contributed by atoms with Gasteiger partial charge in [0.2, 0.25) is 0 Å². The van der Waals surface area contributed by atoms with Crippen molar-refractivity contribution in [2.24, 2.45) is 5.92 Å². The van der Waals surface area contributed by atoms with E-state index in [4.69, 9.17) is 9.47 Å². The summed E-state index contributed by atoms with van der Waals surface area (Å²) in [5.41, 5.74) is 0.924. The minimum Gasteiger partial charge on any atom is -0.490 e. The highest BCUT2D eigenvalue weighted by Gasteiger charge is 2.15. The number of rotatable bonds is 9. The highest BCUT2D eigenvalue weighted by atomic mass is 19.1. The number of nitrogens with zero attached hydrogens (tertiary/aromatic N) is 3. The third-order valence-corrected chi connectivity index (χ3v) is 4.37. The van der Waals surface area contributed by atoms with E-state index in [0.29, 0.717) is 24.0 Å². The highest BCUT2D eigenvalue weighted by Crippen LogP contribution is 2.37. The van der Waals surface area contributed by atoms with Crippen LogP contribution in [0.3, 0.4) is 0 Å². The van der Waals surface area contributed by atoms with Gasteiger partial charge in [-0.1, -0.05) is 13.8 Å². The SMILES string of the molecule is CC(C)Cn1ncc2cc(Oc3ccc(F)cc3F)c(OCCCN(C)C)cc21. The number of hydrogen-bond donors (Lipinski definition) is 0. The second-order valence-electron chi connectivity index (χ2n) is 7.76. The first-order valence-corrected chi connectivity index (χ1v) is 9.73. The van der Waals surface area contributed by atoms with Crippen LogP contribution in [-0.2, 0) is 6.54 Å². The molecule has 5 nitrogen and oxygen atoms in total. The van der Waals surface area contributed by atoms with Gasteiger partial charge in [0.15, 0.2) is 23.1 Å². The van der Waals surface area contributed by atoms with Crippen molar-refractivity contribution in [1.29, 1.82) is 0 Å². The molecular formula is C22H27F2N3O2. The Kier molecular flexibility index (Phi) is 6.69. The summed E-state index contributed by atoms with van der Waals surface area (Å²) in [4.78, 5) is 2.08. The number of benzene rings is 2. The third kappa shape index (κ3) is 5.44. The van der Waals surface area contributed by atoms with Crippen molar-refractivity contribution in [2.75, 3.05) is 27.2 Å². The number of fused-ring (bicyclic) bond motifs is 1. The van der Waals surface area contributed by atoms with Gasteiger partial charge in [0.05, 0.1) is 18.3 Å². The number of hydrogen-bond acceptors (Lipinski definition) is 4. The molecule has 0 saturated carbocycles. The zero-order valence-electron chi connectivity index (χ0n) is 17.3. The summed E-state index contributed by atoms with van der Waals surface area (Å²) in [6.07, 6.45) is 2.59. The maximum Gasteiger partial charge on any atom is 0.170 e. The molecule has 7 heteroatoms. The zero-order chi connectivity index (χ0) is 21.0. The van der Waals surface area contributed by atoms with Gasteiger partial charge >= 0.3 is 0 Å². The van der Waals surface area contributed by atoms with Crippen LogP contribution in [0.25, 0.3) is 10.9 Å². The lowest BCUT2D eigenvalue weighted by Gasteiger charge is -2.15. The highest BCUT2D eigenvalue weighted by molar-refractivity contribution is 5.83. The summed E-state index contributed by atoms with van der Waals surface area (Å²) in [6, 6.07) is 6.88. The van der Waals surface area contributed by atoms with Crippen LogP contribution in [0.4, 0.5) is 8.78 Å². The molecule has 0 saturated heterocycles. The Labute approximate surface area is 169 Å². The minimum atomic E-state index is -0.765. The Bertz CT molecular complexity index is 970. The van der Waals surface area contributed by atoms with Crippen molar-refractivity contribution < 1.29 is 18.3 Å². The summed E-state index contributed by atoms with van der Waals surface area (Å²) in [5, 5.41) is 5.31. The molecule has 0 atom stereocenters. The first-order chi connectivity index (χ1) is 13.8. The molecule has 0 fully saturated rings. The van der Waals surface area contributed by atoms with Crippen molar-refractivity contribution in [3.05, 3.63) is 48.2 Å². The summed E-state index contributed by atoms with van der Waals surface area (Å²) >= 11 is 0. The zero-order valence-corrected chi connectivity index (χ0v) is 17.3. The number of ether oxygens (including phenoxy) is 2. The van der Waals surface area contributed by atoms with Gasteiger partial charge in [0.1, 0.15) is 5.82 Å². The fourth-order valence-electron chi connectivity index (χ4n) is 3.01. The van der Waals surface area contributed by atoms with E-state index in [2.05, 4.69) is 23.8 Å². The van der Waals surface area contributed by atoms with Crippen molar-refractivity contribution in [2.45, 2.75) is 26.8 Å². The van der Waals surface area contributed by atoms with Crippen molar-refractivity contribution in [3.63, 3.8) is 0 Å². The Balaban J connectivity index is 1.93. The molecule has 0 radical (unpaired) electrons. The molecule has 1 aromatic heterocycles. The third-order valence-electron chi connectivity index (χ3n) is 4.37. The van der Waals surface area contributed by atoms with Gasteiger partial charge in [0.25, 0.3) is 0 Å². The molecule has 0 aliphatic rings. The summed E-state index contributed by atoms with van der Waals surface area (Å²) < 4.78 is 41.0. The van der Waals surface area contributed by atoms with E-state index >= 15 is 0 Å². The van der Waals surface area contributed by atoms with Crippen molar-refractivity contribution >= 4 is 10.9 Å². The predicted octanol–water partition coefficient (Wildman–Crippen LogP) is 5.09. The van der Waals surface area contributed by atoms with Crippen LogP contribution in [-0.4, -0.2) is 41.9 Å². The van der Waals surface area contributed by atoms with Gasteiger partial charge in [-0.3, -0.25) is 4.68 Å². The van der Waals surface area contributed by atoms with Crippen LogP contribution < -0.4 is 9.47 Å². The first kappa shape index (κ1) is 21.0. The lowest BCUT2D eigenvalue weighted by atomic mass is 10.2. The lowest BCUT2D eigenvalue weighted by Crippen LogP contribution is -2.15. The summed E-state index contributed by atoms with van der Waals surface area (Å²) in [6.45, 7) is 6.40. The van der Waals surface area contributed by atoms with Crippen molar-refractivity contribution in [1.82, 2.24) is 14.7 Å². The Morgan fingerprint density at radius 3 is 2.55 bits per heavy atom. The molecule has 0 spiro atoms. The van der Waals surface area contributed by atoms with Crippen LogP contribution >= 0.6 is 0 Å². The lowest BCUT2D eigenvalue weighted by molar-refractivity contribution is 0.272. The van der Waals surface area contributed by atoms with Gasteiger partial charge in [-0.2, -0.15) is 5.10 Å². The Morgan fingerprint density at radius 2 is 1.86 bits per heavy atom. The van der Waals surface area contributed by atoms with Gasteiger partial charge in [-0.25, -0.2) is 8.78 Å². The number of halogens is 2. The van der Waals surface area contributed by atoms with E-state index < -0.39 is 11.6 Å². The second-order valence-corrected chi connectivity index (χ2v) is 7.76. The number of aromatic nitrogens is 2. The van der Waals surface area contributed by atoms with E-state index in [1.54, 1.807) is 12.3 Å². The fourth-order valence-corrected chi connectivity index (χ4v) is 3.01. The molecule has 0 aliphatic carbocycles. The van der Waals surface area contributed by atoms with Crippen molar-refractivity contribution in [3.8, 4) is 17.2 Å². The van der Waals surface area contributed by atoms with Crippen LogP contribution in [0.2, 0.25) is 0 Å². The molecule has 3 aromatic rings. The van der Waals surface area contributed by atoms with E-state index in [0.717, 1.165) is 42.5 Å². The molecule has 0 N–H and O–H groups in total. The van der Waals surface area contributed by atoms with Gasteiger partial charge < -0.3 is 14.4 Å². The van der Waals surface area contributed by atoms with E-state index in [1.165, 1.54) is 6.07 Å². The molecule has 3 rings (SSSR count). The maximum absolute atomic E-state index is 14.1. The molecule has 0 aliphatic heterocycles.